The molecule has 1 aromatic heterocycles. The third-order valence-electron chi connectivity index (χ3n) is 1.87. The van der Waals surface area contributed by atoms with Crippen LogP contribution in [-0.4, -0.2) is 11.2 Å². The first kappa shape index (κ1) is 8.13. The highest BCUT2D eigenvalue weighted by molar-refractivity contribution is 5.85. The Hall–Kier alpha value is -1.48. The van der Waals surface area contributed by atoms with Crippen molar-refractivity contribution in [1.82, 2.24) is 4.98 Å². The first-order valence-electron chi connectivity index (χ1n) is 4.26. The van der Waals surface area contributed by atoms with Crippen LogP contribution in [0.1, 0.15) is 6.92 Å². The summed E-state index contributed by atoms with van der Waals surface area (Å²) < 4.78 is 5.44. The highest BCUT2D eigenvalue weighted by atomic mass is 16.5. The number of nitrogens with one attached hydrogen (secondary N) is 1. The van der Waals surface area contributed by atoms with Crippen LogP contribution in [0.2, 0.25) is 0 Å². The summed E-state index contributed by atoms with van der Waals surface area (Å²) >= 11 is 0. The van der Waals surface area contributed by atoms with Crippen LogP contribution in [-0.2, 0) is 0 Å². The molecule has 1 heterocycles. The predicted molar refractivity (Wildman–Crippen MR) is 52.6 cm³/mol. The molecule has 0 saturated heterocycles. The fraction of sp³-hybridized carbons (Fsp3) is 0.200. The van der Waals surface area contributed by atoms with Crippen molar-refractivity contribution >= 4 is 10.9 Å². The summed E-state index contributed by atoms with van der Waals surface area (Å²) in [6.07, 6.45) is 1.61. The number of hydrogen-bond acceptors (Lipinski definition) is 2. The topological polar surface area (TPSA) is 51.0 Å². The number of ether oxygens (including phenoxy) is 1. The zero-order valence-corrected chi connectivity index (χ0v) is 7.45. The lowest BCUT2D eigenvalue weighted by Crippen LogP contribution is -2.22. The molecule has 2 aromatic rings. The van der Waals surface area contributed by atoms with E-state index < -0.39 is 0 Å². The lowest BCUT2D eigenvalue weighted by molar-refractivity contribution is 0.233. The van der Waals surface area contributed by atoms with E-state index in [-0.39, 0.29) is 6.23 Å². The maximum absolute atomic E-state index is 5.55. The van der Waals surface area contributed by atoms with Gasteiger partial charge in [0, 0.05) is 17.1 Å². The zero-order chi connectivity index (χ0) is 9.26. The second kappa shape index (κ2) is 3.11. The monoisotopic (exact) mass is 176 g/mol. The van der Waals surface area contributed by atoms with E-state index in [0.29, 0.717) is 0 Å². The predicted octanol–water partition coefficient (Wildman–Crippen LogP) is 1.85. The SMILES string of the molecule is CC(N)Oc1cccc2[nH]ccc12. The molecule has 68 valence electrons. The average Bonchev–Trinajstić information content (AvgIpc) is 2.51. The van der Waals surface area contributed by atoms with Crippen molar-refractivity contribution in [3.8, 4) is 5.75 Å². The van der Waals surface area contributed by atoms with Crippen molar-refractivity contribution in [2.24, 2.45) is 5.73 Å². The molecule has 13 heavy (non-hydrogen) atoms. The number of H-pyrrole nitrogens is 1. The minimum absolute atomic E-state index is 0.277. The van der Waals surface area contributed by atoms with E-state index in [0.717, 1.165) is 16.7 Å². The second-order valence-corrected chi connectivity index (χ2v) is 3.02. The molecule has 2 rings (SSSR count). The molecule has 0 aliphatic heterocycles. The van der Waals surface area contributed by atoms with Crippen molar-refractivity contribution in [2.75, 3.05) is 0 Å². The van der Waals surface area contributed by atoms with Crippen LogP contribution in [0.5, 0.6) is 5.75 Å². The Bertz CT molecular complexity index is 406. The molecule has 3 N–H and O–H groups in total. The van der Waals surface area contributed by atoms with Crippen LogP contribution < -0.4 is 10.5 Å². The van der Waals surface area contributed by atoms with E-state index in [9.17, 15) is 0 Å². The fourth-order valence-corrected chi connectivity index (χ4v) is 1.36. The number of hydrogen-bond donors (Lipinski definition) is 2. The number of aromatic nitrogens is 1. The molecule has 0 amide bonds. The zero-order valence-electron chi connectivity index (χ0n) is 7.45. The minimum Gasteiger partial charge on any atom is -0.475 e. The third-order valence-corrected chi connectivity index (χ3v) is 1.87. The summed E-state index contributed by atoms with van der Waals surface area (Å²) in [6.45, 7) is 1.81. The van der Waals surface area contributed by atoms with Gasteiger partial charge in [-0.15, -0.1) is 0 Å². The number of fused-ring (bicyclic) bond motifs is 1. The van der Waals surface area contributed by atoms with Gasteiger partial charge in [-0.2, -0.15) is 0 Å². The molecule has 0 saturated carbocycles. The molecule has 3 nitrogen and oxygen atoms in total. The highest BCUT2D eigenvalue weighted by Crippen LogP contribution is 2.24. The smallest absolute Gasteiger partial charge is 0.144 e. The summed E-state index contributed by atoms with van der Waals surface area (Å²) in [5.41, 5.74) is 6.62. The van der Waals surface area contributed by atoms with E-state index in [2.05, 4.69) is 4.98 Å². The summed E-state index contributed by atoms with van der Waals surface area (Å²) in [5, 5.41) is 1.07. The van der Waals surface area contributed by atoms with E-state index in [1.165, 1.54) is 0 Å². The van der Waals surface area contributed by atoms with Gasteiger partial charge in [0.25, 0.3) is 0 Å². The van der Waals surface area contributed by atoms with Crippen molar-refractivity contribution in [3.05, 3.63) is 30.5 Å². The molecule has 0 aliphatic rings. The van der Waals surface area contributed by atoms with E-state index >= 15 is 0 Å². The fourth-order valence-electron chi connectivity index (χ4n) is 1.36. The van der Waals surface area contributed by atoms with Gasteiger partial charge in [0.2, 0.25) is 0 Å². The van der Waals surface area contributed by atoms with Gasteiger partial charge in [-0.05, 0) is 25.1 Å². The third kappa shape index (κ3) is 1.51. The number of nitrogens with two attached hydrogens (primary N) is 1. The molecule has 0 bridgehead atoms. The Balaban J connectivity index is 2.48. The van der Waals surface area contributed by atoms with E-state index in [4.69, 9.17) is 10.5 Å². The van der Waals surface area contributed by atoms with Crippen molar-refractivity contribution in [2.45, 2.75) is 13.2 Å². The van der Waals surface area contributed by atoms with Gasteiger partial charge >= 0.3 is 0 Å². The molecular formula is C10H12N2O. The van der Waals surface area contributed by atoms with Gasteiger partial charge in [0.1, 0.15) is 12.0 Å². The highest BCUT2D eigenvalue weighted by Gasteiger charge is 2.03. The van der Waals surface area contributed by atoms with Crippen LogP contribution in [0, 0.1) is 0 Å². The van der Waals surface area contributed by atoms with Crippen LogP contribution in [0.3, 0.4) is 0 Å². The number of benzene rings is 1. The number of rotatable bonds is 2. The lowest BCUT2D eigenvalue weighted by Gasteiger charge is -2.09. The molecule has 1 aromatic carbocycles. The van der Waals surface area contributed by atoms with Crippen molar-refractivity contribution in [3.63, 3.8) is 0 Å². The quantitative estimate of drug-likeness (QED) is 0.686. The Morgan fingerprint density at radius 3 is 3.00 bits per heavy atom. The Labute approximate surface area is 76.5 Å². The average molecular weight is 176 g/mol. The molecule has 0 radical (unpaired) electrons. The molecular weight excluding hydrogens is 164 g/mol. The minimum atomic E-state index is -0.277. The standard InChI is InChI=1S/C10H12N2O/c1-7(11)13-10-4-2-3-9-8(10)5-6-12-9/h2-7,12H,11H2,1H3. The van der Waals surface area contributed by atoms with Crippen molar-refractivity contribution < 1.29 is 4.74 Å². The van der Waals surface area contributed by atoms with Gasteiger partial charge < -0.3 is 9.72 Å². The summed E-state index contributed by atoms with van der Waals surface area (Å²) in [4.78, 5) is 3.11. The summed E-state index contributed by atoms with van der Waals surface area (Å²) in [5.74, 6) is 0.828. The second-order valence-electron chi connectivity index (χ2n) is 3.02. The van der Waals surface area contributed by atoms with Crippen LogP contribution in [0.4, 0.5) is 0 Å². The first-order valence-corrected chi connectivity index (χ1v) is 4.26. The van der Waals surface area contributed by atoms with Gasteiger partial charge in [0.15, 0.2) is 0 Å². The van der Waals surface area contributed by atoms with Crippen molar-refractivity contribution in [1.29, 1.82) is 0 Å². The molecule has 0 aliphatic carbocycles. The lowest BCUT2D eigenvalue weighted by atomic mass is 10.2. The van der Waals surface area contributed by atoms with Gasteiger partial charge in [-0.1, -0.05) is 6.07 Å². The Morgan fingerprint density at radius 1 is 1.38 bits per heavy atom. The molecule has 1 unspecified atom stereocenters. The molecule has 0 fully saturated rings. The molecule has 0 spiro atoms. The maximum Gasteiger partial charge on any atom is 0.144 e. The molecule has 1 atom stereocenters. The first-order chi connectivity index (χ1) is 6.27. The maximum atomic E-state index is 5.55. The van der Waals surface area contributed by atoms with E-state index in [1.54, 1.807) is 0 Å². The number of aromatic amines is 1. The summed E-state index contributed by atoms with van der Waals surface area (Å²) in [7, 11) is 0. The normalized spacial score (nSPS) is 13.1. The summed E-state index contributed by atoms with van der Waals surface area (Å²) in [6, 6.07) is 7.84. The van der Waals surface area contributed by atoms with Crippen LogP contribution in [0.15, 0.2) is 30.5 Å². The van der Waals surface area contributed by atoms with Gasteiger partial charge in [0.05, 0.1) is 0 Å². The van der Waals surface area contributed by atoms with E-state index in [1.807, 2.05) is 37.4 Å². The Morgan fingerprint density at radius 2 is 2.23 bits per heavy atom. The van der Waals surface area contributed by atoms with Crippen LogP contribution in [0.25, 0.3) is 10.9 Å². The van der Waals surface area contributed by atoms with Crippen LogP contribution >= 0.6 is 0 Å². The Kier molecular flexibility index (Phi) is 1.94. The largest absolute Gasteiger partial charge is 0.475 e. The van der Waals surface area contributed by atoms with Gasteiger partial charge in [-0.3, -0.25) is 5.73 Å². The molecule has 3 heteroatoms. The van der Waals surface area contributed by atoms with Gasteiger partial charge in [-0.25, -0.2) is 0 Å².